The molecule has 1 saturated heterocycles. The van der Waals surface area contributed by atoms with E-state index in [9.17, 15) is 9.59 Å². The fourth-order valence-electron chi connectivity index (χ4n) is 2.13. The van der Waals surface area contributed by atoms with Crippen LogP contribution in [0.15, 0.2) is 22.7 Å². The minimum atomic E-state index is -0.864. The van der Waals surface area contributed by atoms with Gasteiger partial charge in [0.15, 0.2) is 0 Å². The number of benzene rings is 1. The van der Waals surface area contributed by atoms with E-state index in [1.54, 1.807) is 0 Å². The van der Waals surface area contributed by atoms with Gasteiger partial charge in [0.25, 0.3) is 0 Å². The zero-order chi connectivity index (χ0) is 14.0. The molecule has 5 nitrogen and oxygen atoms in total. The molecule has 0 spiro atoms. The molecular formula is C13H15BrN2O3. The molecule has 1 unspecified atom stereocenters. The number of carbonyl (C=O) groups is 2. The molecule has 19 heavy (non-hydrogen) atoms. The lowest BCUT2D eigenvalue weighted by Crippen LogP contribution is -2.55. The number of rotatable bonds is 3. The third-order valence-corrected chi connectivity index (χ3v) is 4.04. The highest BCUT2D eigenvalue weighted by Crippen LogP contribution is 2.26. The monoisotopic (exact) mass is 326 g/mol. The van der Waals surface area contributed by atoms with Gasteiger partial charge in [0.2, 0.25) is 5.91 Å². The number of nitrogens with zero attached hydrogens (tertiary/aromatic N) is 1. The number of amides is 1. The molecule has 1 fully saturated rings. The van der Waals surface area contributed by atoms with Crippen LogP contribution in [-0.2, 0) is 9.59 Å². The maximum atomic E-state index is 11.5. The van der Waals surface area contributed by atoms with Crippen molar-refractivity contribution < 1.29 is 14.7 Å². The van der Waals surface area contributed by atoms with E-state index in [1.807, 2.05) is 30.0 Å². The number of aliphatic carboxylic acids is 1. The number of hydrogen-bond donors (Lipinski definition) is 2. The lowest BCUT2D eigenvalue weighted by molar-refractivity contribution is -0.138. The number of piperazine rings is 1. The Bertz CT molecular complexity index is 519. The van der Waals surface area contributed by atoms with Gasteiger partial charge in [-0.25, -0.2) is 0 Å². The van der Waals surface area contributed by atoms with Crippen LogP contribution >= 0.6 is 15.9 Å². The molecular weight excluding hydrogens is 312 g/mol. The quantitative estimate of drug-likeness (QED) is 0.884. The highest BCUT2D eigenvalue weighted by atomic mass is 79.9. The summed E-state index contributed by atoms with van der Waals surface area (Å²) in [6.07, 6.45) is 0.00573. The fraction of sp³-hybridized carbons (Fsp3) is 0.385. The molecule has 1 atom stereocenters. The average molecular weight is 327 g/mol. The van der Waals surface area contributed by atoms with E-state index < -0.39 is 5.97 Å². The summed E-state index contributed by atoms with van der Waals surface area (Å²) in [4.78, 5) is 24.3. The fourth-order valence-corrected chi connectivity index (χ4v) is 2.49. The first-order valence-corrected chi connectivity index (χ1v) is 6.78. The molecule has 1 aromatic carbocycles. The zero-order valence-electron chi connectivity index (χ0n) is 10.5. The van der Waals surface area contributed by atoms with E-state index in [-0.39, 0.29) is 24.9 Å². The van der Waals surface area contributed by atoms with Gasteiger partial charge in [-0.3, -0.25) is 9.59 Å². The van der Waals surface area contributed by atoms with Crippen molar-refractivity contribution in [1.82, 2.24) is 5.32 Å². The summed E-state index contributed by atoms with van der Waals surface area (Å²) in [6.45, 7) is 2.52. The van der Waals surface area contributed by atoms with Crippen molar-refractivity contribution in [1.29, 1.82) is 0 Å². The van der Waals surface area contributed by atoms with Gasteiger partial charge in [0.05, 0.1) is 19.0 Å². The molecule has 2 rings (SSSR count). The van der Waals surface area contributed by atoms with Crippen LogP contribution in [-0.4, -0.2) is 36.1 Å². The van der Waals surface area contributed by atoms with Crippen molar-refractivity contribution in [2.45, 2.75) is 19.4 Å². The first-order valence-electron chi connectivity index (χ1n) is 5.98. The van der Waals surface area contributed by atoms with Crippen molar-refractivity contribution in [3.05, 3.63) is 28.2 Å². The molecule has 0 saturated carbocycles. The number of nitrogens with one attached hydrogen (secondary N) is 1. The Hall–Kier alpha value is -1.56. The minimum Gasteiger partial charge on any atom is -0.481 e. The first-order chi connectivity index (χ1) is 8.97. The molecule has 1 amide bonds. The van der Waals surface area contributed by atoms with Crippen LogP contribution in [0.1, 0.15) is 12.0 Å². The van der Waals surface area contributed by atoms with E-state index in [0.717, 1.165) is 15.7 Å². The lowest BCUT2D eigenvalue weighted by Gasteiger charge is -2.36. The summed E-state index contributed by atoms with van der Waals surface area (Å²) in [5.74, 6) is -0.948. The molecule has 0 aromatic heterocycles. The molecule has 0 bridgehead atoms. The van der Waals surface area contributed by atoms with Crippen LogP contribution in [0.25, 0.3) is 0 Å². The normalized spacial score (nSPS) is 19.2. The lowest BCUT2D eigenvalue weighted by atomic mass is 10.1. The Labute approximate surface area is 119 Å². The molecule has 2 N–H and O–H groups in total. The van der Waals surface area contributed by atoms with E-state index in [2.05, 4.69) is 21.2 Å². The third-order valence-electron chi connectivity index (χ3n) is 3.19. The highest BCUT2D eigenvalue weighted by Gasteiger charge is 2.28. The SMILES string of the molecule is Cc1ccc(N2CC(=O)NCC2CC(=O)O)cc1Br. The van der Waals surface area contributed by atoms with Crippen molar-refractivity contribution >= 4 is 33.5 Å². The maximum absolute atomic E-state index is 11.5. The zero-order valence-corrected chi connectivity index (χ0v) is 12.1. The van der Waals surface area contributed by atoms with Crippen molar-refractivity contribution in [3.63, 3.8) is 0 Å². The van der Waals surface area contributed by atoms with Gasteiger partial charge >= 0.3 is 5.97 Å². The van der Waals surface area contributed by atoms with Gasteiger partial charge in [-0.2, -0.15) is 0 Å². The largest absolute Gasteiger partial charge is 0.481 e. The third kappa shape index (κ3) is 3.26. The summed E-state index contributed by atoms with van der Waals surface area (Å²) in [6, 6.07) is 5.56. The van der Waals surface area contributed by atoms with Gasteiger partial charge in [0.1, 0.15) is 0 Å². The van der Waals surface area contributed by atoms with E-state index >= 15 is 0 Å². The van der Waals surface area contributed by atoms with E-state index in [4.69, 9.17) is 5.11 Å². The number of aryl methyl sites for hydroxylation is 1. The number of carboxylic acids is 1. The topological polar surface area (TPSA) is 69.6 Å². The van der Waals surface area contributed by atoms with Crippen molar-refractivity contribution in [2.75, 3.05) is 18.0 Å². The summed E-state index contributed by atoms with van der Waals surface area (Å²) in [7, 11) is 0. The van der Waals surface area contributed by atoms with Gasteiger partial charge in [-0.1, -0.05) is 22.0 Å². The van der Waals surface area contributed by atoms with Crippen molar-refractivity contribution in [2.24, 2.45) is 0 Å². The molecule has 0 aliphatic carbocycles. The van der Waals surface area contributed by atoms with Crippen LogP contribution in [0.2, 0.25) is 0 Å². The van der Waals surface area contributed by atoms with E-state index in [1.165, 1.54) is 0 Å². The number of hydrogen-bond acceptors (Lipinski definition) is 3. The molecule has 102 valence electrons. The Morgan fingerprint density at radius 1 is 1.58 bits per heavy atom. The smallest absolute Gasteiger partial charge is 0.305 e. The summed E-state index contributed by atoms with van der Waals surface area (Å²) < 4.78 is 0.949. The van der Waals surface area contributed by atoms with Crippen LogP contribution in [0.3, 0.4) is 0 Å². The Morgan fingerprint density at radius 2 is 2.32 bits per heavy atom. The van der Waals surface area contributed by atoms with Gasteiger partial charge in [-0.05, 0) is 24.6 Å². The standard InChI is InChI=1S/C13H15BrN2O3/c1-8-2-3-9(4-11(8)14)16-7-12(17)15-6-10(16)5-13(18)19/h2-4,10H,5-7H2,1H3,(H,15,17)(H,18,19). The second kappa shape index (κ2) is 5.61. The number of carboxylic acid groups (broad SMARTS) is 1. The predicted molar refractivity (Wildman–Crippen MR) is 75.3 cm³/mol. The molecule has 1 aromatic rings. The molecule has 1 heterocycles. The van der Waals surface area contributed by atoms with Gasteiger partial charge in [-0.15, -0.1) is 0 Å². The maximum Gasteiger partial charge on any atom is 0.305 e. The molecule has 1 aliphatic rings. The minimum absolute atomic E-state index is 0.00573. The second-order valence-electron chi connectivity index (χ2n) is 4.62. The van der Waals surface area contributed by atoms with Gasteiger partial charge in [0, 0.05) is 16.7 Å². The number of anilines is 1. The Morgan fingerprint density at radius 3 is 2.95 bits per heavy atom. The molecule has 6 heteroatoms. The van der Waals surface area contributed by atoms with Crippen LogP contribution in [0, 0.1) is 6.92 Å². The van der Waals surface area contributed by atoms with E-state index in [0.29, 0.717) is 6.54 Å². The van der Waals surface area contributed by atoms with Crippen molar-refractivity contribution in [3.8, 4) is 0 Å². The summed E-state index contributed by atoms with van der Waals surface area (Å²) >= 11 is 3.46. The van der Waals surface area contributed by atoms with Gasteiger partial charge < -0.3 is 15.3 Å². The van der Waals surface area contributed by atoms with Crippen LogP contribution in [0.5, 0.6) is 0 Å². The number of halogens is 1. The average Bonchev–Trinajstić information content (AvgIpc) is 2.34. The highest BCUT2D eigenvalue weighted by molar-refractivity contribution is 9.10. The predicted octanol–water partition coefficient (Wildman–Crippen LogP) is 1.54. The Kier molecular flexibility index (Phi) is 4.09. The van der Waals surface area contributed by atoms with Crippen LogP contribution < -0.4 is 10.2 Å². The number of carbonyl (C=O) groups excluding carboxylic acids is 1. The summed E-state index contributed by atoms with van der Waals surface area (Å²) in [5, 5.41) is 11.7. The first kappa shape index (κ1) is 13.9. The van der Waals surface area contributed by atoms with Crippen LogP contribution in [0.4, 0.5) is 5.69 Å². The molecule has 0 radical (unpaired) electrons. The molecule has 1 aliphatic heterocycles. The summed E-state index contributed by atoms with van der Waals surface area (Å²) in [5.41, 5.74) is 1.96. The Balaban J connectivity index is 2.27. The second-order valence-corrected chi connectivity index (χ2v) is 5.47.